The van der Waals surface area contributed by atoms with Crippen molar-refractivity contribution in [2.45, 2.75) is 26.6 Å². The summed E-state index contributed by atoms with van der Waals surface area (Å²) in [6, 6.07) is 5.33. The Kier molecular flexibility index (Phi) is 5.38. The molecule has 0 spiro atoms. The van der Waals surface area contributed by atoms with Crippen molar-refractivity contribution >= 4 is 34.7 Å². The Balaban J connectivity index is 1.61. The molecule has 0 saturated carbocycles. The predicted molar refractivity (Wildman–Crippen MR) is 97.4 cm³/mol. The van der Waals surface area contributed by atoms with E-state index in [1.165, 1.54) is 10.8 Å². The van der Waals surface area contributed by atoms with Crippen LogP contribution in [-0.4, -0.2) is 29.5 Å². The zero-order chi connectivity index (χ0) is 18.7. The number of nitrogens with one attached hydrogen (secondary N) is 1. The normalized spacial score (nSPS) is 10.9. The highest BCUT2D eigenvalue weighted by Crippen LogP contribution is 2.29. The molecule has 1 aromatic carbocycles. The molecule has 0 unspecified atom stereocenters. The predicted octanol–water partition coefficient (Wildman–Crippen LogP) is 3.31. The first-order chi connectivity index (χ1) is 12.5. The molecule has 0 radical (unpaired) electrons. The van der Waals surface area contributed by atoms with Gasteiger partial charge < -0.3 is 15.4 Å². The van der Waals surface area contributed by atoms with E-state index in [0.29, 0.717) is 46.9 Å². The molecule has 1 N–H and O–H groups in total. The fourth-order valence-electron chi connectivity index (χ4n) is 2.44. The van der Waals surface area contributed by atoms with E-state index in [4.69, 9.17) is 23.2 Å². The summed E-state index contributed by atoms with van der Waals surface area (Å²) in [5.41, 5.74) is 1.41. The zero-order valence-corrected chi connectivity index (χ0v) is 15.3. The van der Waals surface area contributed by atoms with Crippen molar-refractivity contribution in [2.75, 3.05) is 5.32 Å². The largest absolute Gasteiger partial charge is 0.378 e. The summed E-state index contributed by atoms with van der Waals surface area (Å²) < 4.78 is 3.16. The Morgan fingerprint density at radius 3 is 2.88 bits per heavy atom. The van der Waals surface area contributed by atoms with Gasteiger partial charge in [-0.1, -0.05) is 34.5 Å². The molecule has 2 heterocycles. The third-order valence-electron chi connectivity index (χ3n) is 3.77. The second-order valence-electron chi connectivity index (χ2n) is 5.50. The van der Waals surface area contributed by atoms with Crippen molar-refractivity contribution in [1.29, 1.82) is 0 Å². The molecule has 2 aromatic heterocycles. The van der Waals surface area contributed by atoms with Crippen LogP contribution < -0.4 is 5.32 Å². The molecule has 0 saturated heterocycles. The highest BCUT2D eigenvalue weighted by atomic mass is 35.5. The van der Waals surface area contributed by atoms with Gasteiger partial charge >= 0.3 is 5.82 Å². The highest BCUT2D eigenvalue weighted by Gasteiger charge is 2.17. The molecule has 3 aromatic rings. The number of nitrogens with zero attached hydrogens (tertiary/aromatic N) is 6. The van der Waals surface area contributed by atoms with Crippen LogP contribution in [0.4, 0.5) is 11.5 Å². The summed E-state index contributed by atoms with van der Waals surface area (Å²) in [7, 11) is 0. The summed E-state index contributed by atoms with van der Waals surface area (Å²) in [5, 5.41) is 23.2. The Bertz CT molecular complexity index is 938. The lowest BCUT2D eigenvalue weighted by molar-refractivity contribution is -0.392. The maximum atomic E-state index is 11.0. The van der Waals surface area contributed by atoms with Gasteiger partial charge in [-0.3, -0.25) is 0 Å². The molecule has 0 bridgehead atoms. The number of aryl methyl sites for hydroxylation is 2. The SMILES string of the molecule is Cc1ncc([N+](=O)[O-])n1CCn1cc(CNc2cccc(Cl)c2Cl)nn1. The molecular formula is C15H15Cl2N7O2. The number of rotatable bonds is 7. The van der Waals surface area contributed by atoms with E-state index in [1.807, 2.05) is 6.07 Å². The zero-order valence-electron chi connectivity index (χ0n) is 13.8. The fourth-order valence-corrected chi connectivity index (χ4v) is 2.80. The quantitative estimate of drug-likeness (QED) is 0.486. The molecule has 0 aliphatic heterocycles. The summed E-state index contributed by atoms with van der Waals surface area (Å²) in [5.74, 6) is 0.536. The minimum atomic E-state index is -0.453. The number of imidazole rings is 1. The Labute approximate surface area is 158 Å². The molecule has 26 heavy (non-hydrogen) atoms. The lowest BCUT2D eigenvalue weighted by atomic mass is 10.3. The van der Waals surface area contributed by atoms with E-state index in [9.17, 15) is 10.1 Å². The number of hydrogen-bond donors (Lipinski definition) is 1. The van der Waals surface area contributed by atoms with Crippen LogP contribution in [0.15, 0.2) is 30.6 Å². The van der Waals surface area contributed by atoms with Gasteiger partial charge in [0.05, 0.1) is 35.0 Å². The molecule has 11 heteroatoms. The molecule has 0 fully saturated rings. The van der Waals surface area contributed by atoms with Gasteiger partial charge in [-0.05, 0) is 17.1 Å². The van der Waals surface area contributed by atoms with E-state index in [-0.39, 0.29) is 5.82 Å². The van der Waals surface area contributed by atoms with Crippen molar-refractivity contribution in [1.82, 2.24) is 24.5 Å². The number of nitro groups is 1. The van der Waals surface area contributed by atoms with Crippen molar-refractivity contribution in [3.8, 4) is 0 Å². The first-order valence-corrected chi connectivity index (χ1v) is 8.44. The van der Waals surface area contributed by atoms with E-state index < -0.39 is 4.92 Å². The maximum absolute atomic E-state index is 11.0. The van der Waals surface area contributed by atoms with Crippen molar-refractivity contribution < 1.29 is 4.92 Å². The van der Waals surface area contributed by atoms with E-state index in [2.05, 4.69) is 20.6 Å². The minimum Gasteiger partial charge on any atom is -0.378 e. The molecule has 0 aliphatic carbocycles. The van der Waals surface area contributed by atoms with Gasteiger partial charge in [-0.2, -0.15) is 0 Å². The molecule has 0 atom stereocenters. The highest BCUT2D eigenvalue weighted by molar-refractivity contribution is 6.43. The molecule has 3 rings (SSSR count). The Morgan fingerprint density at radius 2 is 2.12 bits per heavy atom. The minimum absolute atomic E-state index is 0.0416. The summed E-state index contributed by atoms with van der Waals surface area (Å²) >= 11 is 12.1. The smallest absolute Gasteiger partial charge is 0.342 e. The lowest BCUT2D eigenvalue weighted by Crippen LogP contribution is -2.11. The van der Waals surface area contributed by atoms with Gasteiger partial charge in [-0.25, -0.2) is 14.2 Å². The van der Waals surface area contributed by atoms with Crippen molar-refractivity contribution in [2.24, 2.45) is 0 Å². The third-order valence-corrected chi connectivity index (χ3v) is 4.59. The molecule has 0 amide bonds. The first-order valence-electron chi connectivity index (χ1n) is 7.69. The van der Waals surface area contributed by atoms with Gasteiger partial charge in [0.1, 0.15) is 18.4 Å². The number of aromatic nitrogens is 5. The first kappa shape index (κ1) is 18.2. The second-order valence-corrected chi connectivity index (χ2v) is 6.29. The van der Waals surface area contributed by atoms with E-state index in [0.717, 1.165) is 0 Å². The molecule has 0 aliphatic rings. The summed E-state index contributed by atoms with van der Waals surface area (Å²) in [6.45, 7) is 2.95. The number of halogens is 2. The van der Waals surface area contributed by atoms with Crippen LogP contribution >= 0.6 is 23.2 Å². The molecule has 136 valence electrons. The van der Waals surface area contributed by atoms with Crippen LogP contribution in [0.25, 0.3) is 0 Å². The Hall–Kier alpha value is -2.65. The van der Waals surface area contributed by atoms with Crippen LogP contribution in [-0.2, 0) is 19.6 Å². The second kappa shape index (κ2) is 7.71. The van der Waals surface area contributed by atoms with Crippen LogP contribution in [0, 0.1) is 17.0 Å². The topological polar surface area (TPSA) is 104 Å². The van der Waals surface area contributed by atoms with Gasteiger partial charge in [-0.15, -0.1) is 5.10 Å². The van der Waals surface area contributed by atoms with Crippen molar-refractivity contribution in [3.05, 3.63) is 62.3 Å². The van der Waals surface area contributed by atoms with Crippen LogP contribution in [0.2, 0.25) is 10.0 Å². The standard InChI is InChI=1S/C15H15Cl2N7O2/c1-10-18-8-14(24(25)26)23(10)6-5-22-9-11(20-21-22)7-19-13-4-2-3-12(16)15(13)17/h2-4,8-9,19H,5-7H2,1H3. The maximum Gasteiger partial charge on any atom is 0.342 e. The molecular weight excluding hydrogens is 381 g/mol. The number of anilines is 1. The van der Waals surface area contributed by atoms with Crippen LogP contribution in [0.3, 0.4) is 0 Å². The van der Waals surface area contributed by atoms with Gasteiger partial charge in [0, 0.05) is 6.92 Å². The average Bonchev–Trinajstić information content (AvgIpc) is 3.21. The van der Waals surface area contributed by atoms with Gasteiger partial charge in [0.15, 0.2) is 5.82 Å². The Morgan fingerprint density at radius 1 is 1.31 bits per heavy atom. The van der Waals surface area contributed by atoms with E-state index >= 15 is 0 Å². The van der Waals surface area contributed by atoms with Crippen LogP contribution in [0.5, 0.6) is 0 Å². The average molecular weight is 396 g/mol. The van der Waals surface area contributed by atoms with E-state index in [1.54, 1.807) is 29.9 Å². The summed E-state index contributed by atoms with van der Waals surface area (Å²) in [4.78, 5) is 14.5. The molecule has 9 nitrogen and oxygen atoms in total. The lowest BCUT2D eigenvalue weighted by Gasteiger charge is -2.07. The number of hydrogen-bond acceptors (Lipinski definition) is 6. The van der Waals surface area contributed by atoms with Crippen LogP contribution in [0.1, 0.15) is 11.5 Å². The van der Waals surface area contributed by atoms with Gasteiger partial charge in [0.2, 0.25) is 0 Å². The third kappa shape index (κ3) is 3.94. The monoisotopic (exact) mass is 395 g/mol. The van der Waals surface area contributed by atoms with Gasteiger partial charge in [0.25, 0.3) is 0 Å². The van der Waals surface area contributed by atoms with Crippen molar-refractivity contribution in [3.63, 3.8) is 0 Å². The number of benzene rings is 1. The fraction of sp³-hybridized carbons (Fsp3) is 0.267. The summed E-state index contributed by atoms with van der Waals surface area (Å²) in [6.07, 6.45) is 3.02.